The number of amides is 1. The van der Waals surface area contributed by atoms with Crippen LogP contribution in [0.5, 0.6) is 11.8 Å². The fourth-order valence-electron chi connectivity index (χ4n) is 4.52. The van der Waals surface area contributed by atoms with Gasteiger partial charge in [-0.15, -0.1) is 0 Å². The molecule has 0 atom stereocenters. The molecule has 3 aromatic heterocycles. The second-order valence-electron chi connectivity index (χ2n) is 9.01. The number of halogens is 1. The van der Waals surface area contributed by atoms with Gasteiger partial charge in [0.15, 0.2) is 5.75 Å². The standard InChI is InChI=1S/C28H21FN6O3/c1-16-25(7-4-10-30-16)38-28-31-13-18-14-35(15-24(18)32-28)27(37)21-11-17(8-9-22(21)29)12-23-19-5-2-3-6-20(19)26(36)34-33-23/h2-11,13H,12,14-15H2,1H3,(H,34,36). The molecule has 0 radical (unpaired) electrons. The van der Waals surface area contributed by atoms with Gasteiger partial charge in [-0.2, -0.15) is 10.1 Å². The summed E-state index contributed by atoms with van der Waals surface area (Å²) in [5.74, 6) is -0.523. The first kappa shape index (κ1) is 23.4. The Bertz CT molecular complexity index is 1770. The number of nitrogens with zero attached hydrogens (tertiary/aromatic N) is 5. The van der Waals surface area contributed by atoms with Gasteiger partial charge >= 0.3 is 6.01 Å². The van der Waals surface area contributed by atoms with Crippen LogP contribution in [0.2, 0.25) is 0 Å². The van der Waals surface area contributed by atoms with Gasteiger partial charge in [-0.3, -0.25) is 14.6 Å². The lowest BCUT2D eigenvalue weighted by molar-refractivity contribution is 0.0745. The van der Waals surface area contributed by atoms with Gasteiger partial charge in [-0.25, -0.2) is 14.5 Å². The minimum Gasteiger partial charge on any atom is -0.422 e. The third-order valence-electron chi connectivity index (χ3n) is 6.49. The predicted octanol–water partition coefficient (Wildman–Crippen LogP) is 4.09. The summed E-state index contributed by atoms with van der Waals surface area (Å²) in [6.45, 7) is 2.28. The summed E-state index contributed by atoms with van der Waals surface area (Å²) in [4.78, 5) is 39.9. The lowest BCUT2D eigenvalue weighted by Gasteiger charge is -2.16. The van der Waals surface area contributed by atoms with E-state index in [1.165, 1.54) is 17.0 Å². The van der Waals surface area contributed by atoms with Crippen LogP contribution >= 0.6 is 0 Å². The van der Waals surface area contributed by atoms with Gasteiger partial charge < -0.3 is 9.64 Å². The zero-order valence-corrected chi connectivity index (χ0v) is 20.3. The maximum atomic E-state index is 14.8. The van der Waals surface area contributed by atoms with Crippen molar-refractivity contribution in [1.29, 1.82) is 0 Å². The normalized spacial score (nSPS) is 12.5. The second kappa shape index (κ2) is 9.47. The Labute approximate surface area is 216 Å². The Kier molecular flexibility index (Phi) is 5.83. The number of carbonyl (C=O) groups excluding carboxylic acids is 1. The number of aromatic amines is 1. The van der Waals surface area contributed by atoms with E-state index in [2.05, 4.69) is 25.1 Å². The number of aryl methyl sites for hydroxylation is 1. The maximum absolute atomic E-state index is 14.8. The zero-order chi connectivity index (χ0) is 26.2. The zero-order valence-electron chi connectivity index (χ0n) is 20.3. The van der Waals surface area contributed by atoms with Gasteiger partial charge in [0, 0.05) is 36.3 Å². The Morgan fingerprint density at radius 2 is 1.92 bits per heavy atom. The number of aromatic nitrogens is 5. The fraction of sp³-hybridized carbons (Fsp3) is 0.143. The van der Waals surface area contributed by atoms with Crippen LogP contribution in [0.15, 0.2) is 71.8 Å². The summed E-state index contributed by atoms with van der Waals surface area (Å²) in [5.41, 5.74) is 3.12. The van der Waals surface area contributed by atoms with Crippen molar-refractivity contribution in [3.05, 3.63) is 117 Å². The number of rotatable bonds is 5. The Balaban J connectivity index is 1.23. The highest BCUT2D eigenvalue weighted by Gasteiger charge is 2.28. The number of nitrogens with one attached hydrogen (secondary N) is 1. The number of hydrogen-bond acceptors (Lipinski definition) is 7. The molecule has 0 fully saturated rings. The first-order chi connectivity index (χ1) is 18.5. The average Bonchev–Trinajstić information content (AvgIpc) is 3.36. The van der Waals surface area contributed by atoms with Crippen LogP contribution in [0.25, 0.3) is 10.8 Å². The van der Waals surface area contributed by atoms with Gasteiger partial charge in [-0.05, 0) is 42.8 Å². The van der Waals surface area contributed by atoms with Gasteiger partial charge in [0.05, 0.1) is 34.6 Å². The van der Waals surface area contributed by atoms with Crippen molar-refractivity contribution in [2.75, 3.05) is 0 Å². The van der Waals surface area contributed by atoms with Crippen LogP contribution < -0.4 is 10.3 Å². The highest BCUT2D eigenvalue weighted by atomic mass is 19.1. The van der Waals surface area contributed by atoms with Crippen molar-refractivity contribution in [2.24, 2.45) is 0 Å². The van der Waals surface area contributed by atoms with E-state index in [4.69, 9.17) is 4.74 Å². The topological polar surface area (TPSA) is 114 Å². The molecule has 1 amide bonds. The molecule has 0 spiro atoms. The molecule has 1 aliphatic rings. The third kappa shape index (κ3) is 4.36. The lowest BCUT2D eigenvalue weighted by atomic mass is 10.0. The van der Waals surface area contributed by atoms with E-state index in [0.717, 1.165) is 5.56 Å². The summed E-state index contributed by atoms with van der Waals surface area (Å²) in [7, 11) is 0. The van der Waals surface area contributed by atoms with Crippen molar-refractivity contribution >= 4 is 16.7 Å². The molecule has 38 heavy (non-hydrogen) atoms. The van der Waals surface area contributed by atoms with Crippen molar-refractivity contribution in [3.63, 3.8) is 0 Å². The average molecular weight is 509 g/mol. The smallest absolute Gasteiger partial charge is 0.322 e. The van der Waals surface area contributed by atoms with Crippen molar-refractivity contribution < 1.29 is 13.9 Å². The number of ether oxygens (including phenoxy) is 1. The number of benzene rings is 2. The minimum atomic E-state index is -0.615. The molecule has 9 nitrogen and oxygen atoms in total. The van der Waals surface area contributed by atoms with E-state index in [1.54, 1.807) is 42.7 Å². The number of H-pyrrole nitrogens is 1. The summed E-state index contributed by atoms with van der Waals surface area (Å²) in [6, 6.07) is 15.3. The highest BCUT2D eigenvalue weighted by Crippen LogP contribution is 2.27. The highest BCUT2D eigenvalue weighted by molar-refractivity contribution is 5.95. The van der Waals surface area contributed by atoms with Crippen molar-refractivity contribution in [1.82, 2.24) is 30.0 Å². The molecule has 10 heteroatoms. The van der Waals surface area contributed by atoms with Crippen LogP contribution in [0.4, 0.5) is 4.39 Å². The van der Waals surface area contributed by atoms with Gasteiger partial charge in [0.2, 0.25) is 0 Å². The van der Waals surface area contributed by atoms with Crippen molar-refractivity contribution in [3.8, 4) is 11.8 Å². The van der Waals surface area contributed by atoms with E-state index in [1.807, 2.05) is 19.1 Å². The molecule has 5 aromatic rings. The van der Waals surface area contributed by atoms with Crippen molar-refractivity contribution in [2.45, 2.75) is 26.4 Å². The molecule has 0 bridgehead atoms. The van der Waals surface area contributed by atoms with E-state index in [9.17, 15) is 14.0 Å². The maximum Gasteiger partial charge on any atom is 0.322 e. The van der Waals surface area contributed by atoms with Crippen LogP contribution in [0.3, 0.4) is 0 Å². The first-order valence-electron chi connectivity index (χ1n) is 11.9. The number of pyridine rings is 1. The summed E-state index contributed by atoms with van der Waals surface area (Å²) in [6.07, 6.45) is 3.61. The molecule has 4 heterocycles. The molecular weight excluding hydrogens is 487 g/mol. The third-order valence-corrected chi connectivity index (χ3v) is 6.49. The monoisotopic (exact) mass is 508 g/mol. The summed E-state index contributed by atoms with van der Waals surface area (Å²) >= 11 is 0. The van der Waals surface area contributed by atoms with Crippen LogP contribution in [-0.2, 0) is 19.5 Å². The lowest BCUT2D eigenvalue weighted by Crippen LogP contribution is -2.26. The largest absolute Gasteiger partial charge is 0.422 e. The molecular formula is C28H21FN6O3. The molecule has 0 unspecified atom stereocenters. The Morgan fingerprint density at radius 1 is 1.08 bits per heavy atom. The van der Waals surface area contributed by atoms with Gasteiger partial charge in [0.1, 0.15) is 5.82 Å². The quantitative estimate of drug-likeness (QED) is 0.380. The number of fused-ring (bicyclic) bond motifs is 2. The molecule has 2 aromatic carbocycles. The molecule has 188 valence electrons. The minimum absolute atomic E-state index is 0.0422. The molecule has 0 aliphatic carbocycles. The van der Waals surface area contributed by atoms with Crippen LogP contribution in [0, 0.1) is 12.7 Å². The molecule has 1 aliphatic heterocycles. The summed E-state index contributed by atoms with van der Waals surface area (Å²) in [5, 5.41) is 7.93. The SMILES string of the molecule is Cc1ncccc1Oc1ncc2c(n1)CN(C(=O)c1cc(Cc3n[nH]c(=O)c4ccccc34)ccc1F)C2. The molecule has 6 rings (SSSR count). The second-order valence-corrected chi connectivity index (χ2v) is 9.01. The molecule has 0 saturated carbocycles. The van der Waals surface area contributed by atoms with Gasteiger partial charge in [-0.1, -0.05) is 24.3 Å². The molecule has 0 saturated heterocycles. The number of carbonyl (C=O) groups is 1. The van der Waals surface area contributed by atoms with E-state index < -0.39 is 11.7 Å². The summed E-state index contributed by atoms with van der Waals surface area (Å²) < 4.78 is 20.6. The first-order valence-corrected chi connectivity index (χ1v) is 11.9. The van der Waals surface area contributed by atoms with Crippen LogP contribution in [-0.4, -0.2) is 36.0 Å². The fourth-order valence-corrected chi connectivity index (χ4v) is 4.52. The van der Waals surface area contributed by atoms with E-state index in [0.29, 0.717) is 45.6 Å². The number of hydrogen-bond donors (Lipinski definition) is 1. The van der Waals surface area contributed by atoms with E-state index >= 15 is 0 Å². The predicted molar refractivity (Wildman–Crippen MR) is 136 cm³/mol. The Morgan fingerprint density at radius 3 is 2.76 bits per heavy atom. The van der Waals surface area contributed by atoms with E-state index in [-0.39, 0.29) is 30.2 Å². The molecule has 1 N–H and O–H groups in total. The Hall–Kier alpha value is -4.99. The van der Waals surface area contributed by atoms with Gasteiger partial charge in [0.25, 0.3) is 11.5 Å². The van der Waals surface area contributed by atoms with Crippen LogP contribution in [0.1, 0.15) is 38.6 Å².